The van der Waals surface area contributed by atoms with Crippen molar-refractivity contribution >= 4 is 5.69 Å². The van der Waals surface area contributed by atoms with E-state index in [2.05, 4.69) is 0 Å². The van der Waals surface area contributed by atoms with E-state index in [1.54, 1.807) is 25.3 Å². The summed E-state index contributed by atoms with van der Waals surface area (Å²) in [5.41, 5.74) is 2.25. The number of rotatable bonds is 9. The fourth-order valence-electron chi connectivity index (χ4n) is 4.65. The van der Waals surface area contributed by atoms with Crippen LogP contribution < -0.4 is 0 Å². The molecule has 0 aliphatic carbocycles. The summed E-state index contributed by atoms with van der Waals surface area (Å²) in [7, 11) is 1.55. The highest BCUT2D eigenvalue weighted by molar-refractivity contribution is 5.40. The van der Waals surface area contributed by atoms with Gasteiger partial charge in [-0.25, -0.2) is 0 Å². The second kappa shape index (κ2) is 11.9. The van der Waals surface area contributed by atoms with E-state index in [1.165, 1.54) is 6.07 Å². The third-order valence-corrected chi connectivity index (χ3v) is 6.47. The number of nitro groups is 1. The Morgan fingerprint density at radius 3 is 2.05 bits per heavy atom. The number of nitrogens with zero attached hydrogens (tertiary/aromatic N) is 1. The quantitative estimate of drug-likeness (QED) is 0.307. The van der Waals surface area contributed by atoms with Crippen LogP contribution in [0.2, 0.25) is 0 Å². The minimum atomic E-state index is -0.955. The molecular weight excluding hydrogens is 478 g/mol. The molecule has 2 aliphatic heterocycles. The number of hydrogen-bond donors (Lipinski definition) is 0. The lowest BCUT2D eigenvalue weighted by atomic mass is 9.97. The van der Waals surface area contributed by atoms with Gasteiger partial charge in [-0.15, -0.1) is 0 Å². The molecule has 6 atom stereocenters. The number of nitro benzene ring substituents is 1. The van der Waals surface area contributed by atoms with E-state index >= 15 is 0 Å². The summed E-state index contributed by atoms with van der Waals surface area (Å²) in [6, 6.07) is 26.0. The van der Waals surface area contributed by atoms with Crippen molar-refractivity contribution in [3.05, 3.63) is 112 Å². The first-order chi connectivity index (χ1) is 18.1. The van der Waals surface area contributed by atoms with Gasteiger partial charge in [-0.05, 0) is 17.2 Å². The summed E-state index contributed by atoms with van der Waals surface area (Å²) in [5, 5.41) is 11.6. The van der Waals surface area contributed by atoms with Crippen LogP contribution >= 0.6 is 0 Å². The topological polar surface area (TPSA) is 98.5 Å². The number of para-hydroxylation sites is 1. The van der Waals surface area contributed by atoms with Crippen molar-refractivity contribution in [1.29, 1.82) is 0 Å². The van der Waals surface area contributed by atoms with Gasteiger partial charge in [0.05, 0.1) is 30.3 Å². The van der Waals surface area contributed by atoms with Crippen LogP contribution in [0.25, 0.3) is 0 Å². The Balaban J connectivity index is 1.42. The van der Waals surface area contributed by atoms with Crippen molar-refractivity contribution in [2.75, 3.05) is 13.7 Å². The Kier molecular flexibility index (Phi) is 8.20. The van der Waals surface area contributed by atoms with Crippen LogP contribution in [0.15, 0.2) is 84.9 Å². The zero-order chi connectivity index (χ0) is 25.6. The van der Waals surface area contributed by atoms with E-state index in [1.807, 2.05) is 60.7 Å². The van der Waals surface area contributed by atoms with Crippen molar-refractivity contribution in [2.45, 2.75) is 50.2 Å². The van der Waals surface area contributed by atoms with Crippen LogP contribution in [0.3, 0.4) is 0 Å². The summed E-state index contributed by atoms with van der Waals surface area (Å²) in [4.78, 5) is 11.2. The van der Waals surface area contributed by atoms with E-state index in [0.717, 1.165) is 11.1 Å². The fraction of sp³-hybridized carbons (Fsp3) is 0.357. The predicted molar refractivity (Wildman–Crippen MR) is 132 cm³/mol. The minimum Gasteiger partial charge on any atom is -0.368 e. The molecule has 0 saturated carbocycles. The molecule has 2 saturated heterocycles. The fourth-order valence-corrected chi connectivity index (χ4v) is 4.65. The van der Waals surface area contributed by atoms with Crippen LogP contribution in [-0.2, 0) is 41.6 Å². The summed E-state index contributed by atoms with van der Waals surface area (Å²) in [5.74, 6) is 0. The molecule has 194 valence electrons. The Labute approximate surface area is 215 Å². The maximum Gasteiger partial charge on any atom is 0.277 e. The summed E-state index contributed by atoms with van der Waals surface area (Å²) in [6.45, 7) is 0.788. The third kappa shape index (κ3) is 5.88. The molecule has 37 heavy (non-hydrogen) atoms. The largest absolute Gasteiger partial charge is 0.368 e. The first-order valence-corrected chi connectivity index (χ1v) is 12.1. The molecule has 3 aromatic carbocycles. The van der Waals surface area contributed by atoms with Crippen molar-refractivity contribution in [1.82, 2.24) is 0 Å². The van der Waals surface area contributed by atoms with Gasteiger partial charge in [0.2, 0.25) is 0 Å². The minimum absolute atomic E-state index is 0.0731. The Hall–Kier alpha value is -3.18. The number of hydrogen-bond acceptors (Lipinski definition) is 8. The Bertz CT molecular complexity index is 1160. The molecular formula is C28H29NO8. The SMILES string of the molecule is CO[C@H]1O[C@@H]2COC(c3ccccc3[N+](=O)[O-])O[C@H]2[C@H](OCc2ccccc2)[C@H]1OCc1ccccc1. The molecule has 2 heterocycles. The third-order valence-electron chi connectivity index (χ3n) is 6.47. The summed E-state index contributed by atoms with van der Waals surface area (Å²) < 4.78 is 36.8. The van der Waals surface area contributed by atoms with Gasteiger partial charge in [0.25, 0.3) is 5.69 Å². The smallest absolute Gasteiger partial charge is 0.277 e. The predicted octanol–water partition coefficient (Wildman–Crippen LogP) is 4.55. The van der Waals surface area contributed by atoms with Gasteiger partial charge >= 0.3 is 0 Å². The molecule has 0 amide bonds. The zero-order valence-corrected chi connectivity index (χ0v) is 20.4. The Morgan fingerprint density at radius 1 is 0.838 bits per heavy atom. The van der Waals surface area contributed by atoms with Crippen LogP contribution in [-0.4, -0.2) is 49.3 Å². The molecule has 0 aromatic heterocycles. The van der Waals surface area contributed by atoms with E-state index in [0.29, 0.717) is 18.8 Å². The van der Waals surface area contributed by atoms with Gasteiger partial charge in [-0.1, -0.05) is 72.8 Å². The second-order valence-electron chi connectivity index (χ2n) is 8.88. The molecule has 1 unspecified atom stereocenters. The molecule has 0 spiro atoms. The van der Waals surface area contributed by atoms with Gasteiger partial charge < -0.3 is 28.4 Å². The van der Waals surface area contributed by atoms with E-state index in [-0.39, 0.29) is 12.3 Å². The zero-order valence-electron chi connectivity index (χ0n) is 20.4. The highest BCUT2D eigenvalue weighted by atomic mass is 16.8. The van der Waals surface area contributed by atoms with E-state index in [4.69, 9.17) is 28.4 Å². The molecule has 9 nitrogen and oxygen atoms in total. The maximum atomic E-state index is 11.6. The average Bonchev–Trinajstić information content (AvgIpc) is 2.95. The van der Waals surface area contributed by atoms with Crippen LogP contribution in [0.4, 0.5) is 5.69 Å². The van der Waals surface area contributed by atoms with Gasteiger partial charge in [-0.3, -0.25) is 10.1 Å². The molecule has 0 N–H and O–H groups in total. The molecule has 0 radical (unpaired) electrons. The molecule has 0 bridgehead atoms. The summed E-state index contributed by atoms with van der Waals surface area (Å²) >= 11 is 0. The van der Waals surface area contributed by atoms with Crippen molar-refractivity contribution in [3.63, 3.8) is 0 Å². The highest BCUT2D eigenvalue weighted by Crippen LogP contribution is 2.39. The molecule has 3 aromatic rings. The van der Waals surface area contributed by atoms with Gasteiger partial charge in [0, 0.05) is 13.2 Å². The normalized spacial score (nSPS) is 27.4. The average molecular weight is 508 g/mol. The molecule has 2 aliphatic rings. The van der Waals surface area contributed by atoms with Gasteiger partial charge in [0.1, 0.15) is 24.4 Å². The number of methoxy groups -OCH3 is 1. The second-order valence-corrected chi connectivity index (χ2v) is 8.88. The lowest BCUT2D eigenvalue weighted by molar-refractivity contribution is -0.392. The number of benzene rings is 3. The first kappa shape index (κ1) is 25.5. The van der Waals surface area contributed by atoms with Crippen LogP contribution in [0.1, 0.15) is 23.0 Å². The van der Waals surface area contributed by atoms with Crippen LogP contribution in [0.5, 0.6) is 0 Å². The van der Waals surface area contributed by atoms with Gasteiger partial charge in [0.15, 0.2) is 12.6 Å². The lowest BCUT2D eigenvalue weighted by Crippen LogP contribution is -2.63. The van der Waals surface area contributed by atoms with Gasteiger partial charge in [-0.2, -0.15) is 0 Å². The van der Waals surface area contributed by atoms with Crippen molar-refractivity contribution in [2.24, 2.45) is 0 Å². The molecule has 5 rings (SSSR count). The Morgan fingerprint density at radius 2 is 1.43 bits per heavy atom. The number of ether oxygens (including phenoxy) is 6. The molecule has 2 fully saturated rings. The summed E-state index contributed by atoms with van der Waals surface area (Å²) in [6.07, 6.45) is -4.03. The standard InChI is InChI=1S/C28H29NO8/c1-32-28-26(34-17-20-12-6-3-7-13-20)25(33-16-19-10-4-2-5-11-19)24-23(36-28)18-35-27(37-24)21-14-8-9-15-22(21)29(30)31/h2-15,23-28H,16-18H2,1H3/t23-,24-,25+,26-,27?,28+/m1/s1. The van der Waals surface area contributed by atoms with E-state index in [9.17, 15) is 10.1 Å². The maximum absolute atomic E-state index is 11.6. The molecule has 9 heteroatoms. The van der Waals surface area contributed by atoms with Crippen LogP contribution in [0, 0.1) is 10.1 Å². The first-order valence-electron chi connectivity index (χ1n) is 12.1. The number of fused-ring (bicyclic) bond motifs is 1. The van der Waals surface area contributed by atoms with E-state index < -0.39 is 41.9 Å². The highest BCUT2D eigenvalue weighted by Gasteiger charge is 2.52. The van der Waals surface area contributed by atoms with Crippen molar-refractivity contribution < 1.29 is 33.3 Å². The monoisotopic (exact) mass is 507 g/mol. The van der Waals surface area contributed by atoms with Crippen molar-refractivity contribution in [3.8, 4) is 0 Å². The lowest BCUT2D eigenvalue weighted by Gasteiger charge is -2.48.